The van der Waals surface area contributed by atoms with Gasteiger partial charge in [0.25, 0.3) is 5.91 Å². The smallest absolute Gasteiger partial charge is 0.254 e. The lowest BCUT2D eigenvalue weighted by Gasteiger charge is -2.33. The van der Waals surface area contributed by atoms with Crippen molar-refractivity contribution in [3.05, 3.63) is 65.2 Å². The van der Waals surface area contributed by atoms with Gasteiger partial charge in [0.2, 0.25) is 0 Å². The predicted molar refractivity (Wildman–Crippen MR) is 94.3 cm³/mol. The van der Waals surface area contributed by atoms with E-state index in [1.807, 2.05) is 30.3 Å². The number of amides is 1. The average molecular weight is 349 g/mol. The molecule has 1 unspecified atom stereocenters. The molecule has 0 bridgehead atoms. The zero-order chi connectivity index (χ0) is 16.2. The minimum absolute atomic E-state index is 0. The highest BCUT2D eigenvalue weighted by Gasteiger charge is 2.26. The van der Waals surface area contributed by atoms with Crippen LogP contribution in [0.5, 0.6) is 5.75 Å². The molecular weight excluding hydrogens is 328 g/mol. The van der Waals surface area contributed by atoms with E-state index in [0.29, 0.717) is 31.8 Å². The van der Waals surface area contributed by atoms with Crippen LogP contribution in [0.15, 0.2) is 48.5 Å². The fourth-order valence-electron chi connectivity index (χ4n) is 2.73. The van der Waals surface area contributed by atoms with Crippen molar-refractivity contribution in [2.45, 2.75) is 12.6 Å². The van der Waals surface area contributed by atoms with Crippen LogP contribution < -0.4 is 5.73 Å². The van der Waals surface area contributed by atoms with Gasteiger partial charge in [-0.1, -0.05) is 24.3 Å². The molecule has 0 saturated carbocycles. The highest BCUT2D eigenvalue weighted by atomic mass is 35.5. The SMILES string of the molecule is Cl.NCc1ccc(C(=O)N2CCOC(c3cccc(O)c3)C2)cc1. The van der Waals surface area contributed by atoms with Crippen LogP contribution >= 0.6 is 12.4 Å². The summed E-state index contributed by atoms with van der Waals surface area (Å²) in [7, 11) is 0. The van der Waals surface area contributed by atoms with Crippen molar-refractivity contribution in [1.29, 1.82) is 0 Å². The van der Waals surface area contributed by atoms with E-state index in [4.69, 9.17) is 10.5 Å². The second-order valence-electron chi connectivity index (χ2n) is 5.61. The van der Waals surface area contributed by atoms with Gasteiger partial charge in [0.1, 0.15) is 11.9 Å². The summed E-state index contributed by atoms with van der Waals surface area (Å²) < 4.78 is 5.75. The Morgan fingerprint density at radius 1 is 1.25 bits per heavy atom. The number of hydrogen-bond donors (Lipinski definition) is 2. The van der Waals surface area contributed by atoms with Gasteiger partial charge < -0.3 is 20.5 Å². The number of aromatic hydroxyl groups is 1. The number of nitrogens with zero attached hydrogens (tertiary/aromatic N) is 1. The quantitative estimate of drug-likeness (QED) is 0.893. The number of morpholine rings is 1. The van der Waals surface area contributed by atoms with Crippen molar-refractivity contribution in [1.82, 2.24) is 4.90 Å². The zero-order valence-corrected chi connectivity index (χ0v) is 14.0. The molecule has 0 spiro atoms. The Hall–Kier alpha value is -2.08. The first-order valence-corrected chi connectivity index (χ1v) is 7.66. The first-order valence-electron chi connectivity index (χ1n) is 7.66. The van der Waals surface area contributed by atoms with Crippen molar-refractivity contribution in [2.75, 3.05) is 19.7 Å². The van der Waals surface area contributed by atoms with Gasteiger partial charge in [-0.2, -0.15) is 0 Å². The highest BCUT2D eigenvalue weighted by molar-refractivity contribution is 5.94. The molecule has 1 aliphatic rings. The largest absolute Gasteiger partial charge is 0.508 e. The number of phenols is 1. The zero-order valence-electron chi connectivity index (χ0n) is 13.2. The summed E-state index contributed by atoms with van der Waals surface area (Å²) in [5.74, 6) is 0.189. The Kier molecular flexibility index (Phi) is 6.20. The molecule has 24 heavy (non-hydrogen) atoms. The summed E-state index contributed by atoms with van der Waals surface area (Å²) in [6, 6.07) is 14.3. The monoisotopic (exact) mass is 348 g/mol. The number of halogens is 1. The fraction of sp³-hybridized carbons (Fsp3) is 0.278. The van der Waals surface area contributed by atoms with Gasteiger partial charge in [-0.15, -0.1) is 12.4 Å². The molecule has 1 saturated heterocycles. The van der Waals surface area contributed by atoms with Crippen molar-refractivity contribution in [2.24, 2.45) is 5.73 Å². The molecule has 0 aromatic heterocycles. The van der Waals surface area contributed by atoms with E-state index in [0.717, 1.165) is 11.1 Å². The van der Waals surface area contributed by atoms with Crippen molar-refractivity contribution in [3.8, 4) is 5.75 Å². The fourth-order valence-corrected chi connectivity index (χ4v) is 2.73. The molecule has 0 aliphatic carbocycles. The Bertz CT molecular complexity index is 691. The number of carbonyl (C=O) groups is 1. The Labute approximate surface area is 147 Å². The number of benzene rings is 2. The maximum atomic E-state index is 12.6. The first-order chi connectivity index (χ1) is 11.2. The third kappa shape index (κ3) is 4.06. The number of ether oxygens (including phenoxy) is 1. The second kappa shape index (κ2) is 8.15. The average Bonchev–Trinajstić information content (AvgIpc) is 2.61. The van der Waals surface area contributed by atoms with Gasteiger partial charge >= 0.3 is 0 Å². The first kappa shape index (κ1) is 18.3. The molecule has 5 nitrogen and oxygen atoms in total. The number of rotatable bonds is 3. The Morgan fingerprint density at radius 3 is 2.67 bits per heavy atom. The summed E-state index contributed by atoms with van der Waals surface area (Å²) in [4.78, 5) is 14.4. The van der Waals surface area contributed by atoms with Gasteiger partial charge in [-0.3, -0.25) is 4.79 Å². The lowest BCUT2D eigenvalue weighted by atomic mass is 10.1. The second-order valence-corrected chi connectivity index (χ2v) is 5.61. The lowest BCUT2D eigenvalue weighted by molar-refractivity contribution is -0.0228. The predicted octanol–water partition coefficient (Wildman–Crippen LogP) is 2.49. The molecule has 1 amide bonds. The third-order valence-electron chi connectivity index (χ3n) is 4.03. The van der Waals surface area contributed by atoms with Gasteiger partial charge in [0.05, 0.1) is 13.2 Å². The molecule has 2 aromatic carbocycles. The van der Waals surface area contributed by atoms with E-state index in [1.54, 1.807) is 23.1 Å². The molecule has 3 N–H and O–H groups in total. The molecule has 2 aromatic rings. The normalized spacial score (nSPS) is 17.2. The summed E-state index contributed by atoms with van der Waals surface area (Å²) in [6.07, 6.45) is -0.219. The summed E-state index contributed by atoms with van der Waals surface area (Å²) in [5.41, 5.74) is 8.11. The van der Waals surface area contributed by atoms with Gasteiger partial charge in [-0.05, 0) is 35.4 Å². The van der Waals surface area contributed by atoms with Crippen LogP contribution in [0, 0.1) is 0 Å². The van der Waals surface area contributed by atoms with Gasteiger partial charge in [-0.25, -0.2) is 0 Å². The Balaban J connectivity index is 0.00000208. The van der Waals surface area contributed by atoms with E-state index in [1.165, 1.54) is 0 Å². The molecule has 1 fully saturated rings. The minimum Gasteiger partial charge on any atom is -0.508 e. The highest BCUT2D eigenvalue weighted by Crippen LogP contribution is 2.25. The molecule has 1 atom stereocenters. The summed E-state index contributed by atoms with van der Waals surface area (Å²) in [6.45, 7) is 1.98. The maximum Gasteiger partial charge on any atom is 0.254 e. The van der Waals surface area contributed by atoms with Gasteiger partial charge in [0, 0.05) is 18.7 Å². The van der Waals surface area contributed by atoms with Crippen molar-refractivity contribution >= 4 is 18.3 Å². The third-order valence-corrected chi connectivity index (χ3v) is 4.03. The molecule has 0 radical (unpaired) electrons. The molecule has 128 valence electrons. The maximum absolute atomic E-state index is 12.6. The van der Waals surface area contributed by atoms with Crippen LogP contribution in [0.25, 0.3) is 0 Å². The molecule has 3 rings (SSSR count). The summed E-state index contributed by atoms with van der Waals surface area (Å²) in [5, 5.41) is 9.60. The molecule has 1 heterocycles. The van der Waals surface area contributed by atoms with E-state index in [-0.39, 0.29) is 30.2 Å². The van der Waals surface area contributed by atoms with Crippen LogP contribution in [0.1, 0.15) is 27.6 Å². The van der Waals surface area contributed by atoms with Crippen LogP contribution in [0.3, 0.4) is 0 Å². The lowest BCUT2D eigenvalue weighted by Crippen LogP contribution is -2.42. The molecular formula is C18H21ClN2O3. The Morgan fingerprint density at radius 2 is 2.00 bits per heavy atom. The van der Waals surface area contributed by atoms with E-state index in [9.17, 15) is 9.90 Å². The topological polar surface area (TPSA) is 75.8 Å². The van der Waals surface area contributed by atoms with Crippen LogP contribution in [0.2, 0.25) is 0 Å². The van der Waals surface area contributed by atoms with Crippen LogP contribution in [-0.4, -0.2) is 35.6 Å². The van der Waals surface area contributed by atoms with Crippen LogP contribution in [-0.2, 0) is 11.3 Å². The standard InChI is InChI=1S/C18H20N2O3.ClH/c19-11-13-4-6-14(7-5-13)18(22)20-8-9-23-17(12-20)15-2-1-3-16(21)10-15;/h1-7,10,17,21H,8-9,11-12,19H2;1H. The number of nitrogens with two attached hydrogens (primary N) is 1. The van der Waals surface area contributed by atoms with Crippen LogP contribution in [0.4, 0.5) is 0 Å². The minimum atomic E-state index is -0.219. The number of hydrogen-bond acceptors (Lipinski definition) is 4. The summed E-state index contributed by atoms with van der Waals surface area (Å²) >= 11 is 0. The van der Waals surface area contributed by atoms with Crippen molar-refractivity contribution < 1.29 is 14.6 Å². The van der Waals surface area contributed by atoms with Gasteiger partial charge in [0.15, 0.2) is 0 Å². The number of carbonyl (C=O) groups excluding carboxylic acids is 1. The molecule has 1 aliphatic heterocycles. The number of phenolic OH excluding ortho intramolecular Hbond substituents is 1. The van der Waals surface area contributed by atoms with E-state index < -0.39 is 0 Å². The van der Waals surface area contributed by atoms with Crippen molar-refractivity contribution in [3.63, 3.8) is 0 Å². The van der Waals surface area contributed by atoms with E-state index >= 15 is 0 Å². The van der Waals surface area contributed by atoms with E-state index in [2.05, 4.69) is 0 Å². The molecule has 6 heteroatoms.